The summed E-state index contributed by atoms with van der Waals surface area (Å²) in [6.45, 7) is 14.5. The van der Waals surface area contributed by atoms with Crippen LogP contribution in [0.4, 0.5) is 4.79 Å². The van der Waals surface area contributed by atoms with Crippen molar-refractivity contribution in [2.24, 2.45) is 10.8 Å². The van der Waals surface area contributed by atoms with Gasteiger partial charge in [-0.25, -0.2) is 4.79 Å². The van der Waals surface area contributed by atoms with Gasteiger partial charge >= 0.3 is 6.09 Å². The average molecular weight is 501 g/mol. The smallest absolute Gasteiger partial charge is 0.410 e. The first-order valence-electron chi connectivity index (χ1n) is 13.1. The minimum Gasteiger partial charge on any atom is -0.445 e. The standard InChI is InChI=1S/C18H25NO3.C11H19NO2/c1-18(2,3)16(20)15-11-7-8-12-19(15)17(21)22-13-14-9-5-4-6-10-14;1-8(13)12-7-5-6-9(12)10(14)11(2,3)4/h4-6,9-10,15H,7-8,11-13H2,1-3H3;9H,5-7H2,1-4H3/t15-;9-/m00/s1. The van der Waals surface area contributed by atoms with E-state index in [1.807, 2.05) is 71.9 Å². The van der Waals surface area contributed by atoms with E-state index < -0.39 is 5.41 Å². The fourth-order valence-electron chi connectivity index (χ4n) is 4.64. The Morgan fingerprint density at radius 3 is 1.81 bits per heavy atom. The van der Waals surface area contributed by atoms with E-state index in [0.717, 1.165) is 44.2 Å². The molecule has 0 spiro atoms. The first kappa shape index (κ1) is 29.5. The van der Waals surface area contributed by atoms with Crippen molar-refractivity contribution in [3.05, 3.63) is 35.9 Å². The van der Waals surface area contributed by atoms with Crippen LogP contribution in [0, 0.1) is 10.8 Å². The SMILES string of the molecule is CC(=O)N1CCC[C@H]1C(=O)C(C)(C)C.CC(C)(C)C(=O)[C@@H]1CCCCN1C(=O)OCc1ccccc1. The number of rotatable bonds is 4. The Morgan fingerprint density at radius 1 is 0.778 bits per heavy atom. The Balaban J connectivity index is 0.000000281. The van der Waals surface area contributed by atoms with Crippen LogP contribution >= 0.6 is 0 Å². The van der Waals surface area contributed by atoms with Crippen molar-refractivity contribution in [3.8, 4) is 0 Å². The number of piperidine rings is 1. The summed E-state index contributed by atoms with van der Waals surface area (Å²) in [5, 5.41) is 0. The topological polar surface area (TPSA) is 84.0 Å². The highest BCUT2D eigenvalue weighted by atomic mass is 16.6. The second kappa shape index (κ2) is 12.5. The first-order valence-corrected chi connectivity index (χ1v) is 13.1. The van der Waals surface area contributed by atoms with Gasteiger partial charge in [0, 0.05) is 30.8 Å². The van der Waals surface area contributed by atoms with E-state index in [2.05, 4.69) is 0 Å². The normalized spacial score (nSPS) is 20.3. The lowest BCUT2D eigenvalue weighted by atomic mass is 9.83. The third-order valence-corrected chi connectivity index (χ3v) is 6.68. The summed E-state index contributed by atoms with van der Waals surface area (Å²) in [5.41, 5.74) is 0.162. The number of carbonyl (C=O) groups excluding carboxylic acids is 4. The van der Waals surface area contributed by atoms with Crippen LogP contribution in [0.25, 0.3) is 0 Å². The Bertz CT molecular complexity index is 914. The third kappa shape index (κ3) is 8.17. The molecule has 7 heteroatoms. The van der Waals surface area contributed by atoms with Crippen molar-refractivity contribution < 1.29 is 23.9 Å². The highest BCUT2D eigenvalue weighted by molar-refractivity contribution is 5.92. The number of hydrogen-bond acceptors (Lipinski definition) is 5. The molecule has 2 aliphatic rings. The first-order chi connectivity index (χ1) is 16.7. The van der Waals surface area contributed by atoms with Crippen molar-refractivity contribution in [2.45, 2.75) is 99.3 Å². The molecular formula is C29H44N2O5. The summed E-state index contributed by atoms with van der Waals surface area (Å²) in [5.74, 6) is 0.319. The van der Waals surface area contributed by atoms with Gasteiger partial charge in [-0.3, -0.25) is 19.3 Å². The summed E-state index contributed by atoms with van der Waals surface area (Å²) in [6.07, 6.45) is 4.04. The number of likely N-dealkylation sites (tertiary alicyclic amines) is 2. The number of ether oxygens (including phenoxy) is 1. The molecule has 2 aliphatic heterocycles. The molecule has 1 aromatic carbocycles. The van der Waals surface area contributed by atoms with Gasteiger partial charge in [0.2, 0.25) is 5.91 Å². The van der Waals surface area contributed by atoms with Crippen LogP contribution in [-0.2, 0) is 25.7 Å². The zero-order valence-corrected chi connectivity index (χ0v) is 23.1. The maximum atomic E-state index is 12.6. The molecule has 200 valence electrons. The number of nitrogens with zero attached hydrogens (tertiary/aromatic N) is 2. The summed E-state index contributed by atoms with van der Waals surface area (Å²) in [4.78, 5) is 51.5. The fraction of sp³-hybridized carbons (Fsp3) is 0.655. The van der Waals surface area contributed by atoms with Crippen LogP contribution in [0.2, 0.25) is 0 Å². The molecule has 7 nitrogen and oxygen atoms in total. The minimum absolute atomic E-state index is 0.0186. The monoisotopic (exact) mass is 500 g/mol. The molecule has 0 bridgehead atoms. The molecule has 2 atom stereocenters. The second-order valence-corrected chi connectivity index (χ2v) is 11.8. The number of amides is 2. The fourth-order valence-corrected chi connectivity index (χ4v) is 4.64. The molecular weight excluding hydrogens is 456 g/mol. The minimum atomic E-state index is -0.444. The highest BCUT2D eigenvalue weighted by Gasteiger charge is 2.39. The predicted molar refractivity (Wildman–Crippen MR) is 140 cm³/mol. The summed E-state index contributed by atoms with van der Waals surface area (Å²) in [6, 6.07) is 9.06. The van der Waals surface area contributed by atoms with Crippen molar-refractivity contribution in [1.82, 2.24) is 9.80 Å². The van der Waals surface area contributed by atoms with Gasteiger partial charge in [-0.15, -0.1) is 0 Å². The van der Waals surface area contributed by atoms with E-state index in [9.17, 15) is 19.2 Å². The van der Waals surface area contributed by atoms with E-state index in [4.69, 9.17) is 4.74 Å². The number of Topliss-reactive ketones (excluding diaryl/α,β-unsaturated/α-hetero) is 2. The van der Waals surface area contributed by atoms with E-state index >= 15 is 0 Å². The van der Waals surface area contributed by atoms with Crippen LogP contribution in [0.1, 0.15) is 86.1 Å². The molecule has 0 unspecified atom stereocenters. The third-order valence-electron chi connectivity index (χ3n) is 6.68. The lowest BCUT2D eigenvalue weighted by molar-refractivity contribution is -0.139. The van der Waals surface area contributed by atoms with E-state index in [-0.39, 0.29) is 47.7 Å². The van der Waals surface area contributed by atoms with Gasteiger partial charge in [-0.05, 0) is 37.7 Å². The van der Waals surface area contributed by atoms with Gasteiger partial charge in [0.05, 0.1) is 12.1 Å². The Hall–Kier alpha value is -2.70. The number of ketones is 2. The van der Waals surface area contributed by atoms with Crippen LogP contribution in [-0.4, -0.2) is 58.5 Å². The van der Waals surface area contributed by atoms with Crippen LogP contribution in [0.15, 0.2) is 30.3 Å². The highest BCUT2D eigenvalue weighted by Crippen LogP contribution is 2.28. The maximum absolute atomic E-state index is 12.6. The molecule has 2 heterocycles. The van der Waals surface area contributed by atoms with E-state index in [1.165, 1.54) is 6.92 Å². The maximum Gasteiger partial charge on any atom is 0.410 e. The zero-order chi connectivity index (χ0) is 27.1. The van der Waals surface area contributed by atoms with Crippen LogP contribution in [0.3, 0.4) is 0 Å². The molecule has 2 fully saturated rings. The molecule has 0 radical (unpaired) electrons. The largest absolute Gasteiger partial charge is 0.445 e. The molecule has 1 aromatic rings. The van der Waals surface area contributed by atoms with Crippen LogP contribution < -0.4 is 0 Å². The molecule has 36 heavy (non-hydrogen) atoms. The molecule has 0 N–H and O–H groups in total. The Labute approximate surface area is 216 Å². The van der Waals surface area contributed by atoms with Gasteiger partial charge < -0.3 is 9.64 Å². The van der Waals surface area contributed by atoms with Crippen LogP contribution in [0.5, 0.6) is 0 Å². The number of carbonyl (C=O) groups is 4. The molecule has 0 aliphatic carbocycles. The van der Waals surface area contributed by atoms with Crippen molar-refractivity contribution >= 4 is 23.6 Å². The molecule has 0 aromatic heterocycles. The van der Waals surface area contributed by atoms with Crippen molar-refractivity contribution in [2.75, 3.05) is 13.1 Å². The van der Waals surface area contributed by atoms with Gasteiger partial charge in [0.1, 0.15) is 6.61 Å². The lowest BCUT2D eigenvalue weighted by Gasteiger charge is -2.36. The summed E-state index contributed by atoms with van der Waals surface area (Å²) < 4.78 is 5.40. The average Bonchev–Trinajstić information content (AvgIpc) is 3.31. The lowest BCUT2D eigenvalue weighted by Crippen LogP contribution is -2.51. The molecule has 0 saturated carbocycles. The molecule has 3 rings (SSSR count). The predicted octanol–water partition coefficient (Wildman–Crippen LogP) is 5.41. The van der Waals surface area contributed by atoms with E-state index in [1.54, 1.807) is 9.80 Å². The van der Waals surface area contributed by atoms with Gasteiger partial charge in [0.15, 0.2) is 11.6 Å². The quantitative estimate of drug-likeness (QED) is 0.552. The van der Waals surface area contributed by atoms with Gasteiger partial charge in [-0.1, -0.05) is 71.9 Å². The van der Waals surface area contributed by atoms with Crippen molar-refractivity contribution in [3.63, 3.8) is 0 Å². The second-order valence-electron chi connectivity index (χ2n) is 11.8. The Kier molecular flexibility index (Phi) is 10.3. The summed E-state index contributed by atoms with van der Waals surface area (Å²) in [7, 11) is 0. The number of benzene rings is 1. The zero-order valence-electron chi connectivity index (χ0n) is 23.1. The van der Waals surface area contributed by atoms with Crippen molar-refractivity contribution in [1.29, 1.82) is 0 Å². The molecule has 2 saturated heterocycles. The van der Waals surface area contributed by atoms with Gasteiger partial charge in [0.25, 0.3) is 0 Å². The number of hydrogen-bond donors (Lipinski definition) is 0. The molecule has 2 amide bonds. The Morgan fingerprint density at radius 2 is 1.28 bits per heavy atom. The van der Waals surface area contributed by atoms with E-state index in [0.29, 0.717) is 6.54 Å². The summed E-state index contributed by atoms with van der Waals surface area (Å²) >= 11 is 0. The van der Waals surface area contributed by atoms with Gasteiger partial charge in [-0.2, -0.15) is 0 Å².